The van der Waals surface area contributed by atoms with Crippen LogP contribution in [0, 0.1) is 5.82 Å². The van der Waals surface area contributed by atoms with Gasteiger partial charge in [-0.1, -0.05) is 6.08 Å². The molecule has 1 amide bonds. The van der Waals surface area contributed by atoms with Gasteiger partial charge in [-0.3, -0.25) is 9.69 Å². The third kappa shape index (κ3) is 4.68. The second-order valence-corrected chi connectivity index (χ2v) is 11.4. The monoisotopic (exact) mass is 498 g/mol. The average molecular weight is 499 g/mol. The summed E-state index contributed by atoms with van der Waals surface area (Å²) in [4.78, 5) is 24.0. The third-order valence-electron chi connectivity index (χ3n) is 6.79. The molecule has 2 aliphatic rings. The van der Waals surface area contributed by atoms with Gasteiger partial charge in [0.05, 0.1) is 18.9 Å². The van der Waals surface area contributed by atoms with Crippen LogP contribution in [0.4, 0.5) is 4.39 Å². The number of carbonyl (C=O) groups is 1. The van der Waals surface area contributed by atoms with Crippen molar-refractivity contribution in [1.29, 1.82) is 0 Å². The Hall–Kier alpha value is -3.24. The highest BCUT2D eigenvalue weighted by molar-refractivity contribution is 7.91. The molecule has 0 bridgehead atoms. The van der Waals surface area contributed by atoms with Gasteiger partial charge in [0.1, 0.15) is 17.2 Å². The van der Waals surface area contributed by atoms with E-state index in [1.807, 2.05) is 12.1 Å². The Bertz CT molecular complexity index is 1430. The zero-order valence-electron chi connectivity index (χ0n) is 19.6. The Morgan fingerprint density at radius 2 is 2.03 bits per heavy atom. The van der Waals surface area contributed by atoms with Crippen LogP contribution in [0.15, 0.2) is 42.6 Å². The van der Waals surface area contributed by atoms with E-state index in [1.165, 1.54) is 18.4 Å². The van der Waals surface area contributed by atoms with Crippen molar-refractivity contribution in [3.05, 3.63) is 54.1 Å². The molecule has 4 heterocycles. The smallest absolute Gasteiger partial charge is 0.236 e. The summed E-state index contributed by atoms with van der Waals surface area (Å²) in [5, 5.41) is 0.440. The largest absolute Gasteiger partial charge is 0.496 e. The lowest BCUT2D eigenvalue weighted by molar-refractivity contribution is -0.135. The number of nitrogens with zero attached hydrogens (tertiary/aromatic N) is 3. The van der Waals surface area contributed by atoms with E-state index in [0.717, 1.165) is 28.6 Å². The Balaban J connectivity index is 1.30. The highest BCUT2D eigenvalue weighted by atomic mass is 32.2. The molecule has 2 aliphatic heterocycles. The molecule has 1 saturated heterocycles. The van der Waals surface area contributed by atoms with Crippen LogP contribution in [0.25, 0.3) is 27.7 Å². The molecule has 0 aliphatic carbocycles. The first-order valence-electron chi connectivity index (χ1n) is 11.4. The molecule has 5 rings (SSSR count). The van der Waals surface area contributed by atoms with Gasteiger partial charge in [0.25, 0.3) is 0 Å². The van der Waals surface area contributed by atoms with E-state index >= 15 is 0 Å². The van der Waals surface area contributed by atoms with Gasteiger partial charge in [0.2, 0.25) is 5.91 Å². The third-order valence-corrected chi connectivity index (χ3v) is 8.30. The van der Waals surface area contributed by atoms with Crippen molar-refractivity contribution in [1.82, 2.24) is 19.8 Å². The molecule has 3 aromatic rings. The first-order chi connectivity index (χ1) is 16.7. The Morgan fingerprint density at radius 3 is 2.71 bits per heavy atom. The zero-order valence-corrected chi connectivity index (χ0v) is 20.4. The van der Waals surface area contributed by atoms with Gasteiger partial charge in [-0.15, -0.1) is 0 Å². The fraction of sp³-hybridized carbons (Fsp3) is 0.360. The number of fused-ring (bicyclic) bond motifs is 1. The predicted molar refractivity (Wildman–Crippen MR) is 132 cm³/mol. The predicted octanol–water partition coefficient (Wildman–Crippen LogP) is 2.72. The van der Waals surface area contributed by atoms with Crippen LogP contribution in [0.2, 0.25) is 0 Å². The van der Waals surface area contributed by atoms with Crippen LogP contribution in [0.3, 0.4) is 0 Å². The van der Waals surface area contributed by atoms with E-state index in [4.69, 9.17) is 4.74 Å². The maximum absolute atomic E-state index is 14.0. The second-order valence-electron chi connectivity index (χ2n) is 9.11. The zero-order chi connectivity index (χ0) is 24.7. The molecule has 10 heteroatoms. The lowest BCUT2D eigenvalue weighted by Crippen LogP contribution is -2.58. The van der Waals surface area contributed by atoms with Gasteiger partial charge in [0.15, 0.2) is 9.84 Å². The van der Waals surface area contributed by atoms with Crippen LogP contribution >= 0.6 is 0 Å². The average Bonchev–Trinajstić information content (AvgIpc) is 3.22. The number of aromatic nitrogens is 2. The molecule has 184 valence electrons. The van der Waals surface area contributed by atoms with Crippen molar-refractivity contribution in [2.24, 2.45) is 0 Å². The number of ether oxygens (including phenoxy) is 1. The Labute approximate surface area is 203 Å². The van der Waals surface area contributed by atoms with E-state index < -0.39 is 15.1 Å². The minimum atomic E-state index is -3.09. The maximum atomic E-state index is 14.0. The number of amides is 1. The van der Waals surface area contributed by atoms with Gasteiger partial charge in [-0.2, -0.15) is 0 Å². The number of methoxy groups -OCH3 is 1. The van der Waals surface area contributed by atoms with Crippen molar-refractivity contribution in [3.63, 3.8) is 0 Å². The minimum Gasteiger partial charge on any atom is -0.496 e. The van der Waals surface area contributed by atoms with Gasteiger partial charge >= 0.3 is 0 Å². The van der Waals surface area contributed by atoms with Crippen LogP contribution in [0.5, 0.6) is 5.75 Å². The van der Waals surface area contributed by atoms with Crippen molar-refractivity contribution in [3.8, 4) is 16.9 Å². The van der Waals surface area contributed by atoms with E-state index in [9.17, 15) is 17.6 Å². The number of hydrogen-bond acceptors (Lipinski definition) is 6. The van der Waals surface area contributed by atoms with Crippen LogP contribution in [0.1, 0.15) is 12.1 Å². The van der Waals surface area contributed by atoms with Crippen molar-refractivity contribution < 1.29 is 22.3 Å². The SMILES string of the molecule is COc1ccc(F)cc1-c1ccnc2[nH]c(C3=CCN(CC(=O)N4CC(S(C)(=O)=O)C4)CC3)cc12. The molecule has 0 spiro atoms. The molecule has 0 atom stereocenters. The molecular formula is C25H27FN4O4S. The summed E-state index contributed by atoms with van der Waals surface area (Å²) in [6.07, 6.45) is 5.76. The van der Waals surface area contributed by atoms with Crippen LogP contribution in [-0.4, -0.2) is 85.4 Å². The lowest BCUT2D eigenvalue weighted by atomic mass is 10.0. The standard InChI is InChI=1S/C25H27FN4O4S/c1-34-23-4-3-17(26)11-20(23)19-5-8-27-25-21(19)12-22(28-25)16-6-9-29(10-7-16)15-24(31)30-13-18(14-30)35(2,32)33/h3-6,8,11-12,18H,7,9-10,13-15H2,1-2H3,(H,27,28). The molecule has 1 N–H and O–H groups in total. The number of pyridine rings is 1. The topological polar surface area (TPSA) is 95.6 Å². The summed E-state index contributed by atoms with van der Waals surface area (Å²) >= 11 is 0. The number of hydrogen-bond donors (Lipinski definition) is 1. The summed E-state index contributed by atoms with van der Waals surface area (Å²) in [7, 11) is -1.53. The van der Waals surface area contributed by atoms with E-state index in [0.29, 0.717) is 30.0 Å². The van der Waals surface area contributed by atoms with Crippen molar-refractivity contribution >= 4 is 32.4 Å². The number of carbonyl (C=O) groups excluding carboxylic acids is 1. The number of likely N-dealkylation sites (tertiary alicyclic amines) is 1. The molecular weight excluding hydrogens is 471 g/mol. The van der Waals surface area contributed by atoms with Crippen molar-refractivity contribution in [2.75, 3.05) is 46.1 Å². The summed E-state index contributed by atoms with van der Waals surface area (Å²) in [5.74, 6) is 0.213. The molecule has 0 saturated carbocycles. The normalized spacial score (nSPS) is 17.3. The highest BCUT2D eigenvalue weighted by Crippen LogP contribution is 2.36. The van der Waals surface area contributed by atoms with Crippen molar-refractivity contribution in [2.45, 2.75) is 11.7 Å². The van der Waals surface area contributed by atoms with Gasteiger partial charge in [0, 0.05) is 55.3 Å². The van der Waals surface area contributed by atoms with E-state index in [-0.39, 0.29) is 31.4 Å². The van der Waals surface area contributed by atoms with Gasteiger partial charge in [-0.25, -0.2) is 17.8 Å². The highest BCUT2D eigenvalue weighted by Gasteiger charge is 2.37. The number of halogens is 1. The number of rotatable bonds is 6. The summed E-state index contributed by atoms with van der Waals surface area (Å²) in [6, 6.07) is 8.33. The molecule has 2 aromatic heterocycles. The molecule has 0 unspecified atom stereocenters. The number of sulfone groups is 1. The number of H-pyrrole nitrogens is 1. The number of nitrogens with one attached hydrogen (secondary N) is 1. The quantitative estimate of drug-likeness (QED) is 0.562. The molecule has 1 fully saturated rings. The molecule has 1 aromatic carbocycles. The summed E-state index contributed by atoms with van der Waals surface area (Å²) < 4.78 is 42.6. The van der Waals surface area contributed by atoms with Gasteiger partial charge in [-0.05, 0) is 47.9 Å². The number of aromatic amines is 1. The molecule has 8 nitrogen and oxygen atoms in total. The number of benzene rings is 1. The molecule has 0 radical (unpaired) electrons. The van der Waals surface area contributed by atoms with E-state index in [1.54, 1.807) is 24.3 Å². The second kappa shape index (κ2) is 9.09. The fourth-order valence-corrected chi connectivity index (χ4v) is 5.53. The fourth-order valence-electron chi connectivity index (χ4n) is 4.63. The van der Waals surface area contributed by atoms with Crippen LogP contribution in [-0.2, 0) is 14.6 Å². The first kappa shape index (κ1) is 23.5. The minimum absolute atomic E-state index is 0.0368. The summed E-state index contributed by atoms with van der Waals surface area (Å²) in [5.41, 5.74) is 4.28. The molecule has 35 heavy (non-hydrogen) atoms. The summed E-state index contributed by atoms with van der Waals surface area (Å²) in [6.45, 7) is 2.18. The Kier molecular flexibility index (Phi) is 6.10. The maximum Gasteiger partial charge on any atom is 0.236 e. The Morgan fingerprint density at radius 1 is 1.23 bits per heavy atom. The van der Waals surface area contributed by atoms with E-state index in [2.05, 4.69) is 20.9 Å². The first-order valence-corrected chi connectivity index (χ1v) is 13.4. The van der Waals surface area contributed by atoms with Gasteiger partial charge < -0.3 is 14.6 Å². The lowest BCUT2D eigenvalue weighted by Gasteiger charge is -2.39. The van der Waals surface area contributed by atoms with Crippen LogP contribution < -0.4 is 4.74 Å².